The van der Waals surface area contributed by atoms with E-state index in [1.807, 2.05) is 32.6 Å². The summed E-state index contributed by atoms with van der Waals surface area (Å²) in [7, 11) is -3.39. The molecule has 1 N–H and O–H groups in total. The Morgan fingerprint density at radius 1 is 1.11 bits per heavy atom. The van der Waals surface area contributed by atoms with Crippen molar-refractivity contribution in [3.05, 3.63) is 0 Å². The summed E-state index contributed by atoms with van der Waals surface area (Å²) in [5.74, 6) is 0. The molecule has 112 valence electrons. The molecule has 1 heterocycles. The highest BCUT2D eigenvalue weighted by molar-refractivity contribution is 7.81. The molecule has 0 aliphatic carbocycles. The molecule has 1 fully saturated rings. The highest BCUT2D eigenvalue weighted by atomic mass is 32.1. The fourth-order valence-electron chi connectivity index (χ4n) is 1.92. The second-order valence-electron chi connectivity index (χ2n) is 5.27. The van der Waals surface area contributed by atoms with Gasteiger partial charge in [-0.1, -0.05) is 0 Å². The van der Waals surface area contributed by atoms with Crippen LogP contribution in [0, 0.1) is 0 Å². The highest BCUT2D eigenvalue weighted by Crippen LogP contribution is 2.46. The summed E-state index contributed by atoms with van der Waals surface area (Å²) >= 11 is 5.31. The average molecular weight is 308 g/mol. The smallest absolute Gasteiger partial charge is 0.349 e. The van der Waals surface area contributed by atoms with Gasteiger partial charge < -0.3 is 4.90 Å². The van der Waals surface area contributed by atoms with Crippen LogP contribution in [0.5, 0.6) is 0 Å². The normalized spacial score (nSPS) is 17.1. The third kappa shape index (κ3) is 6.21. The lowest BCUT2D eigenvalue weighted by Crippen LogP contribution is -2.42. The van der Waals surface area contributed by atoms with E-state index in [1.54, 1.807) is 0 Å². The molecule has 0 aromatic heterocycles. The van der Waals surface area contributed by atoms with Crippen LogP contribution in [-0.4, -0.2) is 35.3 Å². The molecule has 0 aromatic carbocycles. The molecular weight excluding hydrogens is 283 g/mol. The van der Waals surface area contributed by atoms with Crippen molar-refractivity contribution in [2.75, 3.05) is 13.1 Å². The van der Waals surface area contributed by atoms with Gasteiger partial charge in [-0.25, -0.2) is 4.57 Å². The Morgan fingerprint density at radius 2 is 1.58 bits per heavy atom. The van der Waals surface area contributed by atoms with Crippen LogP contribution in [-0.2, 0) is 13.6 Å². The maximum Gasteiger partial charge on any atom is 0.434 e. The van der Waals surface area contributed by atoms with E-state index in [0.717, 1.165) is 25.9 Å². The molecule has 1 rings (SSSR count). The molecule has 0 aromatic rings. The number of rotatable bonds is 5. The summed E-state index contributed by atoms with van der Waals surface area (Å²) in [5.41, 5.74) is 0. The van der Waals surface area contributed by atoms with Crippen molar-refractivity contribution in [2.45, 2.75) is 59.2 Å². The van der Waals surface area contributed by atoms with E-state index in [1.165, 1.54) is 6.42 Å². The first-order chi connectivity index (χ1) is 8.82. The lowest BCUT2D eigenvalue weighted by atomic mass is 10.1. The second-order valence-corrected chi connectivity index (χ2v) is 7.30. The van der Waals surface area contributed by atoms with Crippen LogP contribution in [0.2, 0.25) is 0 Å². The maximum atomic E-state index is 12.6. The van der Waals surface area contributed by atoms with Gasteiger partial charge in [-0.05, 0) is 59.2 Å². The standard InChI is InChI=1S/C12H25N2O3PS/c1-10(2)16-18(15,17-11(3)4)13-12(19)14-8-6-5-7-9-14/h10-11H,5-9H2,1-4H3,(H,13,15,19). The molecule has 0 saturated carbocycles. The Labute approximate surface area is 121 Å². The highest BCUT2D eigenvalue weighted by Gasteiger charge is 2.30. The zero-order chi connectivity index (χ0) is 14.5. The number of nitrogens with zero attached hydrogens (tertiary/aromatic N) is 1. The Balaban J connectivity index is 2.65. The minimum absolute atomic E-state index is 0.193. The summed E-state index contributed by atoms with van der Waals surface area (Å²) < 4.78 is 23.5. The van der Waals surface area contributed by atoms with Crippen molar-refractivity contribution < 1.29 is 13.6 Å². The molecule has 19 heavy (non-hydrogen) atoms. The predicted octanol–water partition coefficient (Wildman–Crippen LogP) is 3.30. The van der Waals surface area contributed by atoms with E-state index in [-0.39, 0.29) is 12.2 Å². The van der Waals surface area contributed by atoms with E-state index < -0.39 is 7.75 Å². The first kappa shape index (κ1) is 16.9. The van der Waals surface area contributed by atoms with E-state index >= 15 is 0 Å². The van der Waals surface area contributed by atoms with Gasteiger partial charge in [-0.2, -0.15) is 0 Å². The fourth-order valence-corrected chi connectivity index (χ4v) is 4.08. The van der Waals surface area contributed by atoms with Crippen LogP contribution in [0.3, 0.4) is 0 Å². The van der Waals surface area contributed by atoms with Gasteiger partial charge in [0.05, 0.1) is 12.2 Å². The molecule has 5 nitrogen and oxygen atoms in total. The molecule has 1 aliphatic rings. The number of piperidine rings is 1. The number of hydrogen-bond donors (Lipinski definition) is 1. The Bertz CT molecular complexity index is 330. The van der Waals surface area contributed by atoms with Crippen LogP contribution in [0.1, 0.15) is 47.0 Å². The number of thiocarbonyl (C=S) groups is 1. The Hall–Kier alpha value is -0.160. The lowest BCUT2D eigenvalue weighted by molar-refractivity contribution is 0.138. The van der Waals surface area contributed by atoms with Gasteiger partial charge in [0.1, 0.15) is 0 Å². The zero-order valence-corrected chi connectivity index (χ0v) is 13.9. The quantitative estimate of drug-likeness (QED) is 0.621. The largest absolute Gasteiger partial charge is 0.434 e. The van der Waals surface area contributed by atoms with Gasteiger partial charge in [0.25, 0.3) is 0 Å². The number of hydrogen-bond acceptors (Lipinski definition) is 4. The van der Waals surface area contributed by atoms with Gasteiger partial charge in [0, 0.05) is 13.1 Å². The van der Waals surface area contributed by atoms with E-state index in [2.05, 4.69) is 5.09 Å². The van der Waals surface area contributed by atoms with E-state index in [9.17, 15) is 4.57 Å². The molecular formula is C12H25N2O3PS. The van der Waals surface area contributed by atoms with Gasteiger partial charge >= 0.3 is 7.75 Å². The number of nitrogens with one attached hydrogen (secondary N) is 1. The first-order valence-electron chi connectivity index (χ1n) is 6.86. The predicted molar refractivity (Wildman–Crippen MR) is 81.2 cm³/mol. The molecule has 7 heteroatoms. The summed E-state index contributed by atoms with van der Waals surface area (Å²) in [5, 5.41) is 3.26. The molecule has 1 aliphatic heterocycles. The average Bonchev–Trinajstić information content (AvgIpc) is 2.27. The molecule has 0 atom stereocenters. The Morgan fingerprint density at radius 3 is 2.00 bits per heavy atom. The van der Waals surface area contributed by atoms with Gasteiger partial charge in [0.15, 0.2) is 5.11 Å². The lowest BCUT2D eigenvalue weighted by Gasteiger charge is -2.32. The zero-order valence-electron chi connectivity index (χ0n) is 12.2. The van der Waals surface area contributed by atoms with Crippen LogP contribution in [0.15, 0.2) is 0 Å². The minimum Gasteiger partial charge on any atom is -0.349 e. The third-order valence-corrected chi connectivity index (χ3v) is 4.97. The topological polar surface area (TPSA) is 50.8 Å². The summed E-state index contributed by atoms with van der Waals surface area (Å²) in [6.07, 6.45) is 3.06. The fraction of sp³-hybridized carbons (Fsp3) is 0.917. The van der Waals surface area contributed by atoms with Gasteiger partial charge in [0.2, 0.25) is 0 Å². The summed E-state index contributed by atoms with van der Waals surface area (Å²) in [6, 6.07) is 0. The SMILES string of the molecule is CC(C)OP(=O)(NC(=S)N1CCCCC1)OC(C)C. The minimum atomic E-state index is -3.39. The summed E-state index contributed by atoms with van der Waals surface area (Å²) in [6.45, 7) is 9.08. The van der Waals surface area contributed by atoms with Crippen molar-refractivity contribution in [3.8, 4) is 0 Å². The van der Waals surface area contributed by atoms with Crippen LogP contribution in [0.25, 0.3) is 0 Å². The monoisotopic (exact) mass is 308 g/mol. The molecule has 0 unspecified atom stereocenters. The first-order valence-corrected chi connectivity index (χ1v) is 8.81. The molecule has 0 amide bonds. The van der Waals surface area contributed by atoms with Crippen molar-refractivity contribution in [2.24, 2.45) is 0 Å². The van der Waals surface area contributed by atoms with Crippen molar-refractivity contribution in [1.82, 2.24) is 9.99 Å². The van der Waals surface area contributed by atoms with Crippen LogP contribution in [0.4, 0.5) is 0 Å². The van der Waals surface area contributed by atoms with Crippen molar-refractivity contribution in [3.63, 3.8) is 0 Å². The second kappa shape index (κ2) is 7.58. The van der Waals surface area contributed by atoms with Crippen molar-refractivity contribution in [1.29, 1.82) is 0 Å². The molecule has 1 saturated heterocycles. The third-order valence-electron chi connectivity index (χ3n) is 2.58. The number of likely N-dealkylation sites (tertiary alicyclic amines) is 1. The van der Waals surface area contributed by atoms with Crippen LogP contribution < -0.4 is 5.09 Å². The Kier molecular flexibility index (Phi) is 6.74. The maximum absolute atomic E-state index is 12.6. The van der Waals surface area contributed by atoms with Crippen LogP contribution >= 0.6 is 20.0 Å². The van der Waals surface area contributed by atoms with Crippen molar-refractivity contribution >= 4 is 25.1 Å². The van der Waals surface area contributed by atoms with Gasteiger partial charge in [-0.3, -0.25) is 14.1 Å². The summed E-state index contributed by atoms with van der Waals surface area (Å²) in [4.78, 5) is 2.03. The molecule has 0 radical (unpaired) electrons. The van der Waals surface area contributed by atoms with E-state index in [0.29, 0.717) is 5.11 Å². The molecule has 0 spiro atoms. The van der Waals surface area contributed by atoms with E-state index in [4.69, 9.17) is 21.3 Å². The van der Waals surface area contributed by atoms with Gasteiger partial charge in [-0.15, -0.1) is 0 Å². The molecule has 0 bridgehead atoms.